The molecule has 0 spiro atoms. The van der Waals surface area contributed by atoms with Crippen LogP contribution in [-0.4, -0.2) is 30.0 Å². The Morgan fingerprint density at radius 1 is 1.38 bits per heavy atom. The zero-order chi connectivity index (χ0) is 12.0. The third-order valence-electron chi connectivity index (χ3n) is 3.77. The van der Waals surface area contributed by atoms with Crippen LogP contribution in [0.2, 0.25) is 0 Å². The summed E-state index contributed by atoms with van der Waals surface area (Å²) in [7, 11) is 1.85. The van der Waals surface area contributed by atoms with Crippen LogP contribution in [-0.2, 0) is 4.74 Å². The molecule has 1 nitrogen and oxygen atoms in total. The molecule has 3 heteroatoms. The van der Waals surface area contributed by atoms with Gasteiger partial charge in [0.05, 0.1) is 6.10 Å². The van der Waals surface area contributed by atoms with Crippen LogP contribution in [0.25, 0.3) is 0 Å². The van der Waals surface area contributed by atoms with Gasteiger partial charge in [0, 0.05) is 12.4 Å². The predicted octanol–water partition coefficient (Wildman–Crippen LogP) is 3.88. The molecular formula is C13H26OS2. The minimum absolute atomic E-state index is 0.448. The largest absolute Gasteiger partial charge is 0.381 e. The van der Waals surface area contributed by atoms with Gasteiger partial charge in [-0.25, -0.2) is 0 Å². The van der Waals surface area contributed by atoms with Crippen molar-refractivity contribution in [1.82, 2.24) is 0 Å². The average Bonchev–Trinajstić information content (AvgIpc) is 2.56. The molecule has 3 unspecified atom stereocenters. The Balaban J connectivity index is 2.23. The van der Waals surface area contributed by atoms with Crippen LogP contribution in [0.1, 0.15) is 39.5 Å². The van der Waals surface area contributed by atoms with Crippen molar-refractivity contribution >= 4 is 24.4 Å². The van der Waals surface area contributed by atoms with Crippen molar-refractivity contribution in [3.05, 3.63) is 0 Å². The van der Waals surface area contributed by atoms with Crippen LogP contribution in [0.4, 0.5) is 0 Å². The summed E-state index contributed by atoms with van der Waals surface area (Å²) < 4.78 is 5.58. The van der Waals surface area contributed by atoms with Crippen LogP contribution < -0.4 is 0 Å². The number of hydrogen-bond acceptors (Lipinski definition) is 3. The standard InChI is InChI=1S/C13H26OS2/c1-4-5-7-16-8-6-11-10(2)13(15)9-12(11)14-3/h10-13,15H,4-9H2,1-3H3/t10-,11?,12?,13?/m1/s1. The maximum atomic E-state index is 5.58. The second kappa shape index (κ2) is 7.88. The zero-order valence-corrected chi connectivity index (χ0v) is 12.5. The summed E-state index contributed by atoms with van der Waals surface area (Å²) in [6.07, 6.45) is 5.54. The van der Waals surface area contributed by atoms with E-state index in [-0.39, 0.29) is 0 Å². The minimum Gasteiger partial charge on any atom is -0.381 e. The number of hydrogen-bond donors (Lipinski definition) is 1. The Kier molecular flexibility index (Phi) is 7.25. The summed E-state index contributed by atoms with van der Waals surface area (Å²) in [6, 6.07) is 0. The fraction of sp³-hybridized carbons (Fsp3) is 1.00. The molecule has 0 aromatic rings. The summed E-state index contributed by atoms with van der Waals surface area (Å²) in [4.78, 5) is 0. The maximum absolute atomic E-state index is 5.58. The lowest BCUT2D eigenvalue weighted by molar-refractivity contribution is 0.0618. The summed E-state index contributed by atoms with van der Waals surface area (Å²) in [5, 5.41) is 0.538. The van der Waals surface area contributed by atoms with Crippen molar-refractivity contribution in [2.75, 3.05) is 18.6 Å². The Hall–Kier alpha value is 0.660. The first kappa shape index (κ1) is 14.7. The van der Waals surface area contributed by atoms with E-state index in [1.54, 1.807) is 0 Å². The Morgan fingerprint density at radius 2 is 2.12 bits per heavy atom. The van der Waals surface area contributed by atoms with E-state index in [0.717, 1.165) is 12.3 Å². The van der Waals surface area contributed by atoms with Crippen LogP contribution in [0.5, 0.6) is 0 Å². The molecule has 0 N–H and O–H groups in total. The highest BCUT2D eigenvalue weighted by atomic mass is 32.2. The Bertz CT molecular complexity index is 187. The monoisotopic (exact) mass is 262 g/mol. The SMILES string of the molecule is CCCCSCCC1C(OC)CC(S)[C@@H]1C. The summed E-state index contributed by atoms with van der Waals surface area (Å²) >= 11 is 6.75. The van der Waals surface area contributed by atoms with Gasteiger partial charge in [0.1, 0.15) is 0 Å². The van der Waals surface area contributed by atoms with Gasteiger partial charge in [-0.3, -0.25) is 0 Å². The smallest absolute Gasteiger partial charge is 0.0613 e. The topological polar surface area (TPSA) is 9.23 Å². The van der Waals surface area contributed by atoms with Gasteiger partial charge in [0.25, 0.3) is 0 Å². The molecule has 0 amide bonds. The molecule has 0 bridgehead atoms. The second-order valence-corrected chi connectivity index (χ2v) is 6.74. The van der Waals surface area contributed by atoms with Crippen LogP contribution in [0.15, 0.2) is 0 Å². The molecule has 1 rings (SSSR count). The molecule has 1 fully saturated rings. The van der Waals surface area contributed by atoms with Crippen molar-refractivity contribution < 1.29 is 4.74 Å². The molecule has 0 aromatic heterocycles. The summed E-state index contributed by atoms with van der Waals surface area (Å²) in [6.45, 7) is 4.59. The minimum atomic E-state index is 0.448. The molecule has 0 heterocycles. The quantitative estimate of drug-likeness (QED) is 0.551. The third-order valence-corrected chi connectivity index (χ3v) is 5.56. The van der Waals surface area contributed by atoms with Gasteiger partial charge in [-0.2, -0.15) is 24.4 Å². The van der Waals surface area contributed by atoms with Crippen LogP contribution in [0, 0.1) is 11.8 Å². The molecule has 0 radical (unpaired) electrons. The molecule has 1 aliphatic rings. The molecule has 96 valence electrons. The lowest BCUT2D eigenvalue weighted by Crippen LogP contribution is -2.21. The molecule has 0 saturated heterocycles. The fourth-order valence-electron chi connectivity index (χ4n) is 2.54. The van der Waals surface area contributed by atoms with Crippen molar-refractivity contribution in [1.29, 1.82) is 0 Å². The highest BCUT2D eigenvalue weighted by Gasteiger charge is 2.38. The molecule has 4 atom stereocenters. The number of thioether (sulfide) groups is 1. The van der Waals surface area contributed by atoms with Gasteiger partial charge >= 0.3 is 0 Å². The van der Waals surface area contributed by atoms with Crippen LogP contribution >= 0.6 is 24.4 Å². The third kappa shape index (κ3) is 4.15. The first-order valence-electron chi connectivity index (χ1n) is 6.49. The first-order valence-corrected chi connectivity index (χ1v) is 8.16. The lowest BCUT2D eigenvalue weighted by Gasteiger charge is -2.21. The Morgan fingerprint density at radius 3 is 2.75 bits per heavy atom. The summed E-state index contributed by atoms with van der Waals surface area (Å²) in [5.74, 6) is 4.04. The highest BCUT2D eigenvalue weighted by Crippen LogP contribution is 2.39. The predicted molar refractivity (Wildman–Crippen MR) is 77.7 cm³/mol. The van der Waals surface area contributed by atoms with Crippen molar-refractivity contribution in [3.63, 3.8) is 0 Å². The second-order valence-electron chi connectivity index (χ2n) is 4.85. The van der Waals surface area contributed by atoms with E-state index in [1.165, 1.54) is 30.8 Å². The molecule has 0 aliphatic heterocycles. The number of thiol groups is 1. The highest BCUT2D eigenvalue weighted by molar-refractivity contribution is 7.99. The first-order chi connectivity index (χ1) is 7.70. The van der Waals surface area contributed by atoms with Crippen molar-refractivity contribution in [3.8, 4) is 0 Å². The normalized spacial score (nSPS) is 34.5. The molecule has 1 aliphatic carbocycles. The average molecular weight is 262 g/mol. The molecular weight excluding hydrogens is 236 g/mol. The van der Waals surface area contributed by atoms with Crippen molar-refractivity contribution in [2.24, 2.45) is 11.8 Å². The number of methoxy groups -OCH3 is 1. The number of rotatable bonds is 7. The van der Waals surface area contributed by atoms with E-state index in [0.29, 0.717) is 17.3 Å². The maximum Gasteiger partial charge on any atom is 0.0613 e. The van der Waals surface area contributed by atoms with Gasteiger partial charge in [-0.15, -0.1) is 0 Å². The van der Waals surface area contributed by atoms with E-state index >= 15 is 0 Å². The van der Waals surface area contributed by atoms with E-state index in [2.05, 4.69) is 38.2 Å². The Labute approximate surface area is 111 Å². The van der Waals surface area contributed by atoms with E-state index in [9.17, 15) is 0 Å². The van der Waals surface area contributed by atoms with Gasteiger partial charge in [-0.1, -0.05) is 20.3 Å². The van der Waals surface area contributed by atoms with Gasteiger partial charge in [0.15, 0.2) is 0 Å². The zero-order valence-electron chi connectivity index (χ0n) is 10.8. The number of ether oxygens (including phenoxy) is 1. The molecule has 16 heavy (non-hydrogen) atoms. The van der Waals surface area contributed by atoms with E-state index in [1.807, 2.05) is 7.11 Å². The van der Waals surface area contributed by atoms with Gasteiger partial charge in [0.2, 0.25) is 0 Å². The van der Waals surface area contributed by atoms with Gasteiger partial charge < -0.3 is 4.74 Å². The van der Waals surface area contributed by atoms with E-state index < -0.39 is 0 Å². The molecule has 1 saturated carbocycles. The van der Waals surface area contributed by atoms with Gasteiger partial charge in [-0.05, 0) is 42.6 Å². The number of unbranched alkanes of at least 4 members (excludes halogenated alkanes) is 1. The van der Waals surface area contributed by atoms with E-state index in [4.69, 9.17) is 4.74 Å². The summed E-state index contributed by atoms with van der Waals surface area (Å²) in [5.41, 5.74) is 0. The van der Waals surface area contributed by atoms with Crippen molar-refractivity contribution in [2.45, 2.75) is 50.9 Å². The molecule has 0 aromatic carbocycles. The lowest BCUT2D eigenvalue weighted by atomic mass is 9.94. The fourth-order valence-corrected chi connectivity index (χ4v) is 4.10. The van der Waals surface area contributed by atoms with Crippen LogP contribution in [0.3, 0.4) is 0 Å².